The van der Waals surface area contributed by atoms with Gasteiger partial charge >= 0.3 is 0 Å². The van der Waals surface area contributed by atoms with Crippen molar-refractivity contribution >= 4 is 10.8 Å². The quantitative estimate of drug-likeness (QED) is 0.758. The summed E-state index contributed by atoms with van der Waals surface area (Å²) < 4.78 is 30.3. The van der Waals surface area contributed by atoms with Gasteiger partial charge in [-0.15, -0.1) is 0 Å². The molecule has 0 spiro atoms. The van der Waals surface area contributed by atoms with Gasteiger partial charge in [0.2, 0.25) is 0 Å². The van der Waals surface area contributed by atoms with Crippen LogP contribution >= 0.6 is 0 Å². The molecule has 0 aromatic heterocycles. The van der Waals surface area contributed by atoms with Crippen molar-refractivity contribution in [3.63, 3.8) is 0 Å². The second-order valence-corrected chi connectivity index (χ2v) is 8.03. The standard InChI is InChI=1S/C20H24O4S/c1-20(2)23-18(14-22-13-16-9-5-3-6-10-16)19(24-20)15-25(21)17-11-7-4-8-12-17/h3-12,18-19H,13-15H2,1-2H3/t18-,19-,25?/m0/s1. The van der Waals surface area contributed by atoms with Gasteiger partial charge in [-0.05, 0) is 31.5 Å². The van der Waals surface area contributed by atoms with E-state index in [1.807, 2.05) is 74.5 Å². The Bertz CT molecular complexity index is 687. The Labute approximate surface area is 151 Å². The Morgan fingerprint density at radius 3 is 2.24 bits per heavy atom. The molecule has 5 heteroatoms. The summed E-state index contributed by atoms with van der Waals surface area (Å²) in [5.74, 6) is -0.293. The van der Waals surface area contributed by atoms with Crippen molar-refractivity contribution in [2.24, 2.45) is 0 Å². The third-order valence-electron chi connectivity index (χ3n) is 4.00. The van der Waals surface area contributed by atoms with Gasteiger partial charge in [0, 0.05) is 4.90 Å². The SMILES string of the molecule is CC1(C)O[C@@H](COCc2ccccc2)[C@H](CS(=O)c2ccccc2)O1. The molecule has 3 atom stereocenters. The lowest BCUT2D eigenvalue weighted by molar-refractivity contribution is -0.150. The molecule has 1 aliphatic rings. The zero-order valence-corrected chi connectivity index (χ0v) is 15.4. The molecule has 4 nitrogen and oxygen atoms in total. The van der Waals surface area contributed by atoms with Gasteiger partial charge in [-0.25, -0.2) is 0 Å². The molecule has 0 saturated carbocycles. The zero-order chi connectivity index (χ0) is 17.7. The summed E-state index contributed by atoms with van der Waals surface area (Å²) in [5, 5.41) is 0. The van der Waals surface area contributed by atoms with Crippen molar-refractivity contribution in [3.8, 4) is 0 Å². The molecule has 1 saturated heterocycles. The van der Waals surface area contributed by atoms with Crippen LogP contribution in [0.25, 0.3) is 0 Å². The first-order chi connectivity index (χ1) is 12.0. The number of benzene rings is 2. The smallest absolute Gasteiger partial charge is 0.163 e. The molecule has 134 valence electrons. The first kappa shape index (κ1) is 18.3. The molecule has 2 aromatic rings. The Morgan fingerprint density at radius 1 is 0.960 bits per heavy atom. The first-order valence-electron chi connectivity index (χ1n) is 8.44. The monoisotopic (exact) mass is 360 g/mol. The highest BCUT2D eigenvalue weighted by atomic mass is 32.2. The van der Waals surface area contributed by atoms with Crippen LogP contribution in [0.15, 0.2) is 65.6 Å². The van der Waals surface area contributed by atoms with E-state index in [9.17, 15) is 4.21 Å². The van der Waals surface area contributed by atoms with E-state index in [4.69, 9.17) is 14.2 Å². The van der Waals surface area contributed by atoms with E-state index in [1.165, 1.54) is 0 Å². The zero-order valence-electron chi connectivity index (χ0n) is 14.6. The van der Waals surface area contributed by atoms with Crippen molar-refractivity contribution in [3.05, 3.63) is 66.2 Å². The normalized spacial score (nSPS) is 23.4. The maximum atomic E-state index is 12.6. The fourth-order valence-electron chi connectivity index (χ4n) is 2.88. The fourth-order valence-corrected chi connectivity index (χ4v) is 4.11. The molecule has 1 aliphatic heterocycles. The Hall–Kier alpha value is -1.53. The van der Waals surface area contributed by atoms with Gasteiger partial charge in [0.05, 0.1) is 29.8 Å². The summed E-state index contributed by atoms with van der Waals surface area (Å²) in [6.07, 6.45) is -0.488. The average Bonchev–Trinajstić information content (AvgIpc) is 2.90. The Kier molecular flexibility index (Phi) is 6.02. The molecule has 1 unspecified atom stereocenters. The van der Waals surface area contributed by atoms with Crippen LogP contribution in [-0.2, 0) is 31.6 Å². The molecule has 0 aliphatic carbocycles. The molecule has 0 radical (unpaired) electrons. The molecule has 1 fully saturated rings. The van der Waals surface area contributed by atoms with Gasteiger partial charge in [0.1, 0.15) is 12.2 Å². The summed E-state index contributed by atoms with van der Waals surface area (Å²) in [6.45, 7) is 4.69. The van der Waals surface area contributed by atoms with Gasteiger partial charge < -0.3 is 14.2 Å². The predicted molar refractivity (Wildman–Crippen MR) is 97.6 cm³/mol. The van der Waals surface area contributed by atoms with Crippen molar-refractivity contribution in [2.45, 2.75) is 43.3 Å². The van der Waals surface area contributed by atoms with Crippen molar-refractivity contribution in [1.29, 1.82) is 0 Å². The number of rotatable bonds is 7. The molecule has 0 amide bonds. The molecule has 2 aromatic carbocycles. The third-order valence-corrected chi connectivity index (χ3v) is 5.43. The van der Waals surface area contributed by atoms with E-state index in [2.05, 4.69) is 0 Å². The first-order valence-corrected chi connectivity index (χ1v) is 9.76. The van der Waals surface area contributed by atoms with E-state index in [0.717, 1.165) is 10.5 Å². The highest BCUT2D eigenvalue weighted by molar-refractivity contribution is 7.85. The summed E-state index contributed by atoms with van der Waals surface area (Å²) in [6, 6.07) is 19.5. The van der Waals surface area contributed by atoms with Crippen LogP contribution in [0, 0.1) is 0 Å². The van der Waals surface area contributed by atoms with Crippen LogP contribution in [0.2, 0.25) is 0 Å². The lowest BCUT2D eigenvalue weighted by atomic mass is 10.2. The van der Waals surface area contributed by atoms with Crippen LogP contribution < -0.4 is 0 Å². The minimum Gasteiger partial charge on any atom is -0.374 e. The fraction of sp³-hybridized carbons (Fsp3) is 0.400. The second kappa shape index (κ2) is 8.23. The maximum Gasteiger partial charge on any atom is 0.163 e. The van der Waals surface area contributed by atoms with Crippen molar-refractivity contribution in [2.75, 3.05) is 12.4 Å². The Morgan fingerprint density at radius 2 is 1.56 bits per heavy atom. The lowest BCUT2D eigenvalue weighted by Crippen LogP contribution is -2.32. The summed E-state index contributed by atoms with van der Waals surface area (Å²) in [5.41, 5.74) is 1.12. The van der Waals surface area contributed by atoms with E-state index in [0.29, 0.717) is 19.0 Å². The second-order valence-electron chi connectivity index (χ2n) is 6.54. The molecule has 3 rings (SSSR count). The van der Waals surface area contributed by atoms with Gasteiger partial charge in [-0.3, -0.25) is 4.21 Å². The number of hydrogen-bond acceptors (Lipinski definition) is 4. The van der Waals surface area contributed by atoms with Crippen molar-refractivity contribution in [1.82, 2.24) is 0 Å². The van der Waals surface area contributed by atoms with E-state index in [-0.39, 0.29) is 12.2 Å². The van der Waals surface area contributed by atoms with Gasteiger partial charge in [0.25, 0.3) is 0 Å². The average molecular weight is 360 g/mol. The molecular formula is C20H24O4S. The molecule has 0 N–H and O–H groups in total. The van der Waals surface area contributed by atoms with Gasteiger partial charge in [0.15, 0.2) is 5.79 Å². The highest BCUT2D eigenvalue weighted by Crippen LogP contribution is 2.29. The van der Waals surface area contributed by atoms with Crippen LogP contribution in [0.1, 0.15) is 19.4 Å². The molecule has 0 bridgehead atoms. The van der Waals surface area contributed by atoms with Crippen molar-refractivity contribution < 1.29 is 18.4 Å². The van der Waals surface area contributed by atoms with Crippen LogP contribution in [0.3, 0.4) is 0 Å². The van der Waals surface area contributed by atoms with Gasteiger partial charge in [-0.2, -0.15) is 0 Å². The Balaban J connectivity index is 1.58. The predicted octanol–water partition coefficient (Wildman–Crippen LogP) is 3.53. The van der Waals surface area contributed by atoms with E-state index < -0.39 is 16.6 Å². The minimum atomic E-state index is -1.13. The number of ether oxygens (including phenoxy) is 3. The molecule has 25 heavy (non-hydrogen) atoms. The minimum absolute atomic E-state index is 0.230. The van der Waals surface area contributed by atoms with Crippen LogP contribution in [-0.4, -0.2) is 34.6 Å². The lowest BCUT2D eigenvalue weighted by Gasteiger charge is -2.17. The van der Waals surface area contributed by atoms with Crippen LogP contribution in [0.4, 0.5) is 0 Å². The third kappa shape index (κ3) is 5.22. The maximum absolute atomic E-state index is 12.6. The molecule has 1 heterocycles. The number of hydrogen-bond donors (Lipinski definition) is 0. The van der Waals surface area contributed by atoms with Crippen LogP contribution in [0.5, 0.6) is 0 Å². The summed E-state index contributed by atoms with van der Waals surface area (Å²) in [7, 11) is -1.13. The van der Waals surface area contributed by atoms with E-state index in [1.54, 1.807) is 0 Å². The highest BCUT2D eigenvalue weighted by Gasteiger charge is 2.42. The topological polar surface area (TPSA) is 44.8 Å². The summed E-state index contributed by atoms with van der Waals surface area (Å²) in [4.78, 5) is 0.805. The summed E-state index contributed by atoms with van der Waals surface area (Å²) >= 11 is 0. The van der Waals surface area contributed by atoms with E-state index >= 15 is 0 Å². The molecular weight excluding hydrogens is 336 g/mol. The largest absolute Gasteiger partial charge is 0.374 e. The van der Waals surface area contributed by atoms with Gasteiger partial charge in [-0.1, -0.05) is 48.5 Å².